The predicted octanol–water partition coefficient (Wildman–Crippen LogP) is 2.62. The molecular formula is C23H20N2O7. The van der Waals surface area contributed by atoms with Gasteiger partial charge in [0.15, 0.2) is 11.5 Å². The van der Waals surface area contributed by atoms with Crippen molar-refractivity contribution in [2.75, 3.05) is 13.7 Å². The Kier molecular flexibility index (Phi) is 6.69. The van der Waals surface area contributed by atoms with E-state index in [9.17, 15) is 19.2 Å². The number of carbonyl (C=O) groups is 4. The second-order valence-electron chi connectivity index (χ2n) is 6.72. The molecule has 0 unspecified atom stereocenters. The van der Waals surface area contributed by atoms with Gasteiger partial charge in [-0.1, -0.05) is 24.3 Å². The van der Waals surface area contributed by atoms with Crippen molar-refractivity contribution >= 4 is 29.9 Å². The third kappa shape index (κ3) is 4.84. The van der Waals surface area contributed by atoms with Crippen LogP contribution in [0.5, 0.6) is 11.5 Å². The first-order chi connectivity index (χ1) is 15.3. The van der Waals surface area contributed by atoms with Crippen LogP contribution in [0.25, 0.3) is 6.08 Å². The number of rotatable bonds is 8. The van der Waals surface area contributed by atoms with Crippen LogP contribution in [0.2, 0.25) is 0 Å². The molecule has 0 aromatic heterocycles. The summed E-state index contributed by atoms with van der Waals surface area (Å²) in [6.07, 6.45) is 2.74. The Balaban J connectivity index is 1.79. The Morgan fingerprint density at radius 1 is 1.12 bits per heavy atom. The molecule has 0 aliphatic carbocycles. The Morgan fingerprint density at radius 2 is 1.84 bits per heavy atom. The molecule has 2 aromatic rings. The van der Waals surface area contributed by atoms with Crippen molar-refractivity contribution in [3.05, 3.63) is 77.4 Å². The number of barbiturate groups is 1. The quantitative estimate of drug-likeness (QED) is 0.371. The van der Waals surface area contributed by atoms with Crippen LogP contribution in [0, 0.1) is 0 Å². The highest BCUT2D eigenvalue weighted by molar-refractivity contribution is 6.31. The van der Waals surface area contributed by atoms with Crippen LogP contribution in [0.1, 0.15) is 21.5 Å². The molecule has 1 fully saturated rings. The van der Waals surface area contributed by atoms with Gasteiger partial charge in [0.1, 0.15) is 12.2 Å². The van der Waals surface area contributed by atoms with E-state index in [0.717, 1.165) is 10.5 Å². The molecule has 1 aliphatic rings. The van der Waals surface area contributed by atoms with E-state index in [0.29, 0.717) is 17.1 Å². The van der Waals surface area contributed by atoms with Gasteiger partial charge in [0, 0.05) is 6.54 Å². The van der Waals surface area contributed by atoms with Gasteiger partial charge in [-0.2, -0.15) is 0 Å². The van der Waals surface area contributed by atoms with E-state index in [2.05, 4.69) is 11.9 Å². The standard InChI is InChI=1S/C23H20N2O7/c1-3-10-25-21(27)17(20(26)24-23(25)30)11-15-6-9-18(19(12-15)31-2)32-13-14-4-7-16(8-5-14)22(28)29/h3-9,11-12H,1,10,13H2,2H3,(H,28,29)(H,24,26,30)/b17-11-. The molecule has 1 saturated heterocycles. The molecule has 32 heavy (non-hydrogen) atoms. The second-order valence-corrected chi connectivity index (χ2v) is 6.72. The molecule has 0 saturated carbocycles. The number of aromatic carboxylic acids is 1. The third-order valence-electron chi connectivity index (χ3n) is 4.59. The predicted molar refractivity (Wildman–Crippen MR) is 114 cm³/mol. The Hall–Kier alpha value is -4.40. The summed E-state index contributed by atoms with van der Waals surface area (Å²) in [7, 11) is 1.45. The van der Waals surface area contributed by atoms with E-state index in [1.165, 1.54) is 31.4 Å². The Morgan fingerprint density at radius 3 is 2.47 bits per heavy atom. The number of ether oxygens (including phenoxy) is 2. The SMILES string of the molecule is C=CCN1C(=O)NC(=O)/C(=C/c2ccc(OCc3ccc(C(=O)O)cc3)c(OC)c2)C1=O. The number of nitrogens with one attached hydrogen (secondary N) is 1. The molecule has 0 bridgehead atoms. The number of hydrogen-bond acceptors (Lipinski definition) is 6. The molecule has 1 aliphatic heterocycles. The summed E-state index contributed by atoms with van der Waals surface area (Å²) in [6, 6.07) is 10.3. The molecular weight excluding hydrogens is 416 g/mol. The van der Waals surface area contributed by atoms with Gasteiger partial charge in [0.05, 0.1) is 12.7 Å². The maximum absolute atomic E-state index is 12.5. The molecule has 0 atom stereocenters. The van der Waals surface area contributed by atoms with E-state index in [1.807, 2.05) is 0 Å². The van der Waals surface area contributed by atoms with Gasteiger partial charge in [-0.05, 0) is 41.5 Å². The number of imide groups is 2. The minimum atomic E-state index is -1.01. The smallest absolute Gasteiger partial charge is 0.335 e. The lowest BCUT2D eigenvalue weighted by molar-refractivity contribution is -0.129. The van der Waals surface area contributed by atoms with Crippen LogP contribution in [-0.4, -0.2) is 47.5 Å². The molecule has 3 rings (SSSR count). The number of carboxylic acids is 1. The molecule has 2 aromatic carbocycles. The number of carbonyl (C=O) groups excluding carboxylic acids is 3. The van der Waals surface area contributed by atoms with Gasteiger partial charge >= 0.3 is 12.0 Å². The molecule has 4 amide bonds. The maximum atomic E-state index is 12.5. The van der Waals surface area contributed by atoms with Gasteiger partial charge in [-0.25, -0.2) is 9.59 Å². The second kappa shape index (κ2) is 9.61. The van der Waals surface area contributed by atoms with E-state index in [1.54, 1.807) is 30.3 Å². The zero-order chi connectivity index (χ0) is 23.3. The summed E-state index contributed by atoms with van der Waals surface area (Å²) in [5, 5.41) is 11.1. The van der Waals surface area contributed by atoms with Crippen molar-refractivity contribution in [2.24, 2.45) is 0 Å². The lowest BCUT2D eigenvalue weighted by Gasteiger charge is -2.25. The largest absolute Gasteiger partial charge is 0.493 e. The number of carboxylic acid groups (broad SMARTS) is 1. The minimum absolute atomic E-state index is 0.0289. The number of nitrogens with zero attached hydrogens (tertiary/aromatic N) is 1. The van der Waals surface area contributed by atoms with Crippen LogP contribution in [0.4, 0.5) is 4.79 Å². The van der Waals surface area contributed by atoms with Crippen molar-refractivity contribution in [3.63, 3.8) is 0 Å². The summed E-state index contributed by atoms with van der Waals surface area (Å²) < 4.78 is 11.1. The number of hydrogen-bond donors (Lipinski definition) is 2. The van der Waals surface area contributed by atoms with Gasteiger partial charge in [-0.15, -0.1) is 6.58 Å². The molecule has 9 nitrogen and oxygen atoms in total. The Bertz CT molecular complexity index is 1120. The number of methoxy groups -OCH3 is 1. The fourth-order valence-electron chi connectivity index (χ4n) is 2.95. The average molecular weight is 436 g/mol. The molecule has 0 spiro atoms. The van der Waals surface area contributed by atoms with Crippen LogP contribution >= 0.6 is 0 Å². The first-order valence-electron chi connectivity index (χ1n) is 9.47. The average Bonchev–Trinajstić information content (AvgIpc) is 2.78. The third-order valence-corrected chi connectivity index (χ3v) is 4.59. The lowest BCUT2D eigenvalue weighted by atomic mass is 10.1. The number of benzene rings is 2. The summed E-state index contributed by atoms with van der Waals surface area (Å²) in [5.74, 6) is -1.73. The topological polar surface area (TPSA) is 122 Å². The van der Waals surface area contributed by atoms with Crippen LogP contribution in [0.15, 0.2) is 60.7 Å². The van der Waals surface area contributed by atoms with Crippen molar-refractivity contribution < 1.29 is 33.8 Å². The van der Waals surface area contributed by atoms with Crippen LogP contribution in [-0.2, 0) is 16.2 Å². The van der Waals surface area contributed by atoms with Gasteiger partial charge in [-0.3, -0.25) is 19.8 Å². The molecule has 9 heteroatoms. The lowest BCUT2D eigenvalue weighted by Crippen LogP contribution is -2.54. The monoisotopic (exact) mass is 436 g/mol. The number of urea groups is 1. The van der Waals surface area contributed by atoms with Crippen LogP contribution in [0.3, 0.4) is 0 Å². The van der Waals surface area contributed by atoms with Gasteiger partial charge in [0.25, 0.3) is 11.8 Å². The van der Waals surface area contributed by atoms with Gasteiger partial charge in [0.2, 0.25) is 0 Å². The first-order valence-corrected chi connectivity index (χ1v) is 9.47. The Labute approximate surface area is 183 Å². The fraction of sp³-hybridized carbons (Fsp3) is 0.130. The summed E-state index contributed by atoms with van der Waals surface area (Å²) in [4.78, 5) is 48.3. The van der Waals surface area contributed by atoms with E-state index < -0.39 is 23.8 Å². The maximum Gasteiger partial charge on any atom is 0.335 e. The highest BCUT2D eigenvalue weighted by atomic mass is 16.5. The van der Waals surface area contributed by atoms with Crippen molar-refractivity contribution in [3.8, 4) is 11.5 Å². The molecule has 0 radical (unpaired) electrons. The summed E-state index contributed by atoms with van der Waals surface area (Å²) in [6.45, 7) is 3.65. The zero-order valence-electron chi connectivity index (χ0n) is 17.2. The van der Waals surface area contributed by atoms with E-state index in [-0.39, 0.29) is 24.3 Å². The number of amides is 4. The van der Waals surface area contributed by atoms with Crippen molar-refractivity contribution in [2.45, 2.75) is 6.61 Å². The molecule has 2 N–H and O–H groups in total. The summed E-state index contributed by atoms with van der Waals surface area (Å²) >= 11 is 0. The normalized spacial score (nSPS) is 14.8. The molecule has 1 heterocycles. The zero-order valence-corrected chi connectivity index (χ0v) is 17.2. The van der Waals surface area contributed by atoms with Crippen molar-refractivity contribution in [1.29, 1.82) is 0 Å². The minimum Gasteiger partial charge on any atom is -0.493 e. The van der Waals surface area contributed by atoms with Gasteiger partial charge < -0.3 is 14.6 Å². The summed E-state index contributed by atoms with van der Waals surface area (Å²) in [5.41, 5.74) is 1.24. The highest BCUT2D eigenvalue weighted by Gasteiger charge is 2.34. The highest BCUT2D eigenvalue weighted by Crippen LogP contribution is 2.30. The van der Waals surface area contributed by atoms with Crippen LogP contribution < -0.4 is 14.8 Å². The van der Waals surface area contributed by atoms with E-state index in [4.69, 9.17) is 14.6 Å². The van der Waals surface area contributed by atoms with Crippen molar-refractivity contribution in [1.82, 2.24) is 10.2 Å². The fourth-order valence-corrected chi connectivity index (χ4v) is 2.95. The van der Waals surface area contributed by atoms with E-state index >= 15 is 0 Å². The first kappa shape index (κ1) is 22.3. The molecule has 164 valence electrons.